The number of nitrogens with two attached hydrogens (primary N) is 1. The van der Waals surface area contributed by atoms with Crippen LogP contribution in [0.4, 0.5) is 17.1 Å². The summed E-state index contributed by atoms with van der Waals surface area (Å²) in [4.78, 5) is 14.0. The molecule has 4 heteroatoms. The lowest BCUT2D eigenvalue weighted by Gasteiger charge is -2.25. The maximum Gasteiger partial charge on any atom is 0.340 e. The molecule has 2 aromatic carbocycles. The Morgan fingerprint density at radius 1 is 1.10 bits per heavy atom. The largest absolute Gasteiger partial charge is 0.462 e. The van der Waals surface area contributed by atoms with E-state index in [1.54, 1.807) is 13.0 Å². The topological polar surface area (TPSA) is 55.6 Å². The first-order chi connectivity index (χ1) is 10.2. The second-order valence-electron chi connectivity index (χ2n) is 4.54. The molecule has 0 radical (unpaired) electrons. The van der Waals surface area contributed by atoms with Crippen LogP contribution in [0, 0.1) is 0 Å². The summed E-state index contributed by atoms with van der Waals surface area (Å²) in [6, 6.07) is 15.4. The normalized spacial score (nSPS) is 10.2. The Bertz CT molecular complexity index is 611. The molecule has 0 saturated carbocycles. The summed E-state index contributed by atoms with van der Waals surface area (Å²) in [5.74, 6) is -0.388. The van der Waals surface area contributed by atoms with Crippen LogP contribution >= 0.6 is 0 Å². The van der Waals surface area contributed by atoms with E-state index in [0.29, 0.717) is 17.9 Å². The van der Waals surface area contributed by atoms with Gasteiger partial charge in [0.05, 0.1) is 23.5 Å². The maximum absolute atomic E-state index is 11.9. The van der Waals surface area contributed by atoms with Crippen molar-refractivity contribution in [1.82, 2.24) is 0 Å². The van der Waals surface area contributed by atoms with Crippen molar-refractivity contribution in [2.75, 3.05) is 23.8 Å². The van der Waals surface area contributed by atoms with Crippen LogP contribution in [0.5, 0.6) is 0 Å². The molecule has 0 fully saturated rings. The molecule has 0 aliphatic heterocycles. The minimum absolute atomic E-state index is 0.332. The molecule has 0 amide bonds. The number of ether oxygens (including phenoxy) is 1. The molecule has 110 valence electrons. The first-order valence-corrected chi connectivity index (χ1v) is 7.07. The monoisotopic (exact) mass is 284 g/mol. The van der Waals surface area contributed by atoms with E-state index < -0.39 is 0 Å². The molecular weight excluding hydrogens is 264 g/mol. The molecule has 0 spiro atoms. The second-order valence-corrected chi connectivity index (χ2v) is 4.54. The molecule has 0 atom stereocenters. The Morgan fingerprint density at radius 2 is 1.81 bits per heavy atom. The van der Waals surface area contributed by atoms with Gasteiger partial charge in [0, 0.05) is 12.2 Å². The molecule has 0 aliphatic carbocycles. The molecule has 4 nitrogen and oxygen atoms in total. The van der Waals surface area contributed by atoms with Crippen LogP contribution in [0.15, 0.2) is 48.5 Å². The van der Waals surface area contributed by atoms with Gasteiger partial charge in [-0.1, -0.05) is 24.3 Å². The van der Waals surface area contributed by atoms with Crippen LogP contribution in [-0.4, -0.2) is 19.1 Å². The summed E-state index contributed by atoms with van der Waals surface area (Å²) in [5, 5.41) is 0. The van der Waals surface area contributed by atoms with E-state index in [1.165, 1.54) is 0 Å². The quantitative estimate of drug-likeness (QED) is 0.673. The number of carbonyl (C=O) groups is 1. The van der Waals surface area contributed by atoms with Crippen molar-refractivity contribution in [3.05, 3.63) is 54.1 Å². The highest BCUT2D eigenvalue weighted by Gasteiger charge is 2.17. The molecule has 2 aromatic rings. The van der Waals surface area contributed by atoms with E-state index >= 15 is 0 Å². The molecule has 2 rings (SSSR count). The van der Waals surface area contributed by atoms with Crippen molar-refractivity contribution in [1.29, 1.82) is 0 Å². The van der Waals surface area contributed by atoms with Crippen molar-refractivity contribution in [3.63, 3.8) is 0 Å². The summed E-state index contributed by atoms with van der Waals surface area (Å²) < 4.78 is 5.05. The van der Waals surface area contributed by atoms with Gasteiger partial charge in [-0.2, -0.15) is 0 Å². The van der Waals surface area contributed by atoms with Crippen molar-refractivity contribution in [2.24, 2.45) is 0 Å². The minimum Gasteiger partial charge on any atom is -0.462 e. The van der Waals surface area contributed by atoms with Crippen LogP contribution in [0.3, 0.4) is 0 Å². The second kappa shape index (κ2) is 6.79. The third-order valence-electron chi connectivity index (χ3n) is 3.25. The van der Waals surface area contributed by atoms with Crippen LogP contribution in [0.1, 0.15) is 24.2 Å². The summed E-state index contributed by atoms with van der Waals surface area (Å²) >= 11 is 0. The Kier molecular flexibility index (Phi) is 4.82. The van der Waals surface area contributed by atoms with Crippen molar-refractivity contribution >= 4 is 23.0 Å². The zero-order valence-electron chi connectivity index (χ0n) is 12.4. The van der Waals surface area contributed by atoms with E-state index in [-0.39, 0.29) is 5.97 Å². The van der Waals surface area contributed by atoms with Crippen molar-refractivity contribution in [2.45, 2.75) is 13.8 Å². The van der Waals surface area contributed by atoms with Crippen molar-refractivity contribution in [3.8, 4) is 0 Å². The van der Waals surface area contributed by atoms with E-state index in [2.05, 4.69) is 4.90 Å². The van der Waals surface area contributed by atoms with Crippen LogP contribution in [-0.2, 0) is 4.74 Å². The third-order valence-corrected chi connectivity index (χ3v) is 3.25. The zero-order valence-corrected chi connectivity index (χ0v) is 12.4. The summed E-state index contributed by atoms with van der Waals surface area (Å²) in [7, 11) is 0. The third kappa shape index (κ3) is 3.16. The molecule has 2 N–H and O–H groups in total. The summed E-state index contributed by atoms with van der Waals surface area (Å²) in [6.45, 7) is 4.91. The van der Waals surface area contributed by atoms with E-state index in [0.717, 1.165) is 17.9 Å². The summed E-state index contributed by atoms with van der Waals surface area (Å²) in [5.41, 5.74) is 8.89. The first-order valence-electron chi connectivity index (χ1n) is 7.07. The number of hydrogen-bond donors (Lipinski definition) is 1. The van der Waals surface area contributed by atoms with Gasteiger partial charge >= 0.3 is 5.97 Å². The number of nitrogens with zero attached hydrogens (tertiary/aromatic N) is 1. The van der Waals surface area contributed by atoms with Crippen LogP contribution in [0.25, 0.3) is 0 Å². The highest BCUT2D eigenvalue weighted by Crippen LogP contribution is 2.32. The fraction of sp³-hybridized carbons (Fsp3) is 0.235. The molecule has 0 bridgehead atoms. The van der Waals surface area contributed by atoms with Gasteiger partial charge in [0.15, 0.2) is 0 Å². The molecule has 0 aliphatic rings. The highest BCUT2D eigenvalue weighted by atomic mass is 16.5. The fourth-order valence-electron chi connectivity index (χ4n) is 2.28. The Labute approximate surface area is 125 Å². The van der Waals surface area contributed by atoms with Gasteiger partial charge in [0.25, 0.3) is 0 Å². The lowest BCUT2D eigenvalue weighted by molar-refractivity contribution is 0.0527. The van der Waals surface area contributed by atoms with E-state index in [9.17, 15) is 4.79 Å². The molecule has 0 unspecified atom stereocenters. The Morgan fingerprint density at radius 3 is 2.43 bits per heavy atom. The van der Waals surface area contributed by atoms with E-state index in [1.807, 2.05) is 49.4 Å². The minimum atomic E-state index is -0.388. The Balaban J connectivity index is 2.43. The van der Waals surface area contributed by atoms with Crippen LogP contribution in [0.2, 0.25) is 0 Å². The number of para-hydroxylation sites is 2. The Hall–Kier alpha value is -2.49. The van der Waals surface area contributed by atoms with Crippen molar-refractivity contribution < 1.29 is 9.53 Å². The summed E-state index contributed by atoms with van der Waals surface area (Å²) in [6.07, 6.45) is 0. The van der Waals surface area contributed by atoms with E-state index in [4.69, 9.17) is 10.5 Å². The molecular formula is C17H20N2O2. The zero-order chi connectivity index (χ0) is 15.2. The smallest absolute Gasteiger partial charge is 0.340 e. The van der Waals surface area contributed by atoms with Gasteiger partial charge in [0.2, 0.25) is 0 Å². The molecule has 0 aromatic heterocycles. The first kappa shape index (κ1) is 14.9. The van der Waals surface area contributed by atoms with Gasteiger partial charge in [-0.15, -0.1) is 0 Å². The SMILES string of the molecule is CCOC(=O)c1cccc(N(CC)c2ccccc2)c1N. The van der Waals surface area contributed by atoms with Gasteiger partial charge in [0.1, 0.15) is 0 Å². The number of benzene rings is 2. The number of esters is 1. The highest BCUT2D eigenvalue weighted by molar-refractivity contribution is 5.99. The lowest BCUT2D eigenvalue weighted by Crippen LogP contribution is -2.19. The number of carbonyl (C=O) groups excluding carboxylic acids is 1. The fourth-order valence-corrected chi connectivity index (χ4v) is 2.28. The number of rotatable bonds is 5. The number of hydrogen-bond acceptors (Lipinski definition) is 4. The molecule has 21 heavy (non-hydrogen) atoms. The van der Waals surface area contributed by atoms with Gasteiger partial charge < -0.3 is 15.4 Å². The van der Waals surface area contributed by atoms with Gasteiger partial charge in [-0.25, -0.2) is 4.79 Å². The average Bonchev–Trinajstić information content (AvgIpc) is 2.51. The van der Waals surface area contributed by atoms with Gasteiger partial charge in [-0.3, -0.25) is 0 Å². The predicted molar refractivity (Wildman–Crippen MR) is 85.9 cm³/mol. The average molecular weight is 284 g/mol. The number of nitrogen functional groups attached to an aromatic ring is 1. The predicted octanol–water partition coefficient (Wildman–Crippen LogP) is 3.60. The number of anilines is 3. The van der Waals surface area contributed by atoms with Gasteiger partial charge in [-0.05, 0) is 38.1 Å². The molecule has 0 saturated heterocycles. The maximum atomic E-state index is 11.9. The standard InChI is InChI=1S/C17H20N2O2/c1-3-19(13-9-6-5-7-10-13)15-12-8-11-14(16(15)18)17(20)21-4-2/h5-12H,3-4,18H2,1-2H3. The van der Waals surface area contributed by atoms with Crippen LogP contribution < -0.4 is 10.6 Å². The lowest BCUT2D eigenvalue weighted by atomic mass is 10.1. The molecule has 0 heterocycles.